The molecule has 1 saturated heterocycles. The number of hydrogen-bond donors (Lipinski definition) is 1. The van der Waals surface area contributed by atoms with Crippen LogP contribution in [-0.2, 0) is 9.59 Å². The van der Waals surface area contributed by atoms with Crippen LogP contribution in [0, 0.1) is 17.6 Å². The van der Waals surface area contributed by atoms with Gasteiger partial charge in [-0.25, -0.2) is 13.5 Å². The number of aromatic nitrogens is 2. The van der Waals surface area contributed by atoms with Crippen molar-refractivity contribution >= 4 is 28.4 Å². The van der Waals surface area contributed by atoms with Gasteiger partial charge in [-0.3, -0.25) is 9.59 Å². The molecule has 1 saturated carbocycles. The van der Waals surface area contributed by atoms with Crippen molar-refractivity contribution < 1.29 is 18.4 Å². The van der Waals surface area contributed by atoms with Crippen LogP contribution < -0.4 is 10.2 Å². The van der Waals surface area contributed by atoms with E-state index in [1.807, 2.05) is 18.2 Å². The normalized spacial score (nSPS) is 19.9. The minimum atomic E-state index is -0.537. The molecule has 1 unspecified atom stereocenters. The second kappa shape index (κ2) is 8.30. The van der Waals surface area contributed by atoms with Crippen LogP contribution in [0.3, 0.4) is 0 Å². The lowest BCUT2D eigenvalue weighted by atomic mass is 9.99. The molecule has 1 N–H and O–H groups in total. The third-order valence-corrected chi connectivity index (χ3v) is 6.69. The van der Waals surface area contributed by atoms with Crippen LogP contribution in [-0.4, -0.2) is 27.6 Å². The molecule has 0 spiro atoms. The predicted octanol–water partition coefficient (Wildman–Crippen LogP) is 4.68. The van der Waals surface area contributed by atoms with Gasteiger partial charge in [0.2, 0.25) is 11.8 Å². The molecule has 3 aromatic carbocycles. The molecule has 1 aromatic heterocycles. The van der Waals surface area contributed by atoms with Crippen molar-refractivity contribution in [3.05, 3.63) is 90.1 Å². The number of nitrogens with zero attached hydrogens (tertiary/aromatic N) is 3. The Balaban J connectivity index is 1.39. The first-order valence-corrected chi connectivity index (χ1v) is 11.6. The van der Waals surface area contributed by atoms with Crippen LogP contribution in [0.1, 0.15) is 30.9 Å². The highest BCUT2D eigenvalue weighted by Gasteiger charge is 2.44. The number of halogens is 2. The average molecular weight is 472 g/mol. The second-order valence-electron chi connectivity index (χ2n) is 9.13. The van der Waals surface area contributed by atoms with E-state index in [0.717, 1.165) is 23.7 Å². The van der Waals surface area contributed by atoms with Gasteiger partial charge in [0.05, 0.1) is 29.5 Å². The molecule has 1 aliphatic carbocycles. The second-order valence-corrected chi connectivity index (χ2v) is 9.13. The fourth-order valence-corrected chi connectivity index (χ4v) is 4.84. The van der Waals surface area contributed by atoms with Gasteiger partial charge in [0.25, 0.3) is 0 Å². The Labute approximate surface area is 200 Å². The van der Waals surface area contributed by atoms with E-state index in [4.69, 9.17) is 0 Å². The van der Waals surface area contributed by atoms with E-state index < -0.39 is 17.9 Å². The van der Waals surface area contributed by atoms with E-state index in [0.29, 0.717) is 16.9 Å². The Morgan fingerprint density at radius 1 is 0.943 bits per heavy atom. The molecule has 6 rings (SSSR count). The van der Waals surface area contributed by atoms with E-state index in [2.05, 4.69) is 10.4 Å². The van der Waals surface area contributed by atoms with E-state index in [1.165, 1.54) is 24.3 Å². The minimum Gasteiger partial charge on any atom is -0.350 e. The molecule has 8 heteroatoms. The first-order valence-electron chi connectivity index (χ1n) is 11.6. The van der Waals surface area contributed by atoms with Crippen LogP contribution >= 0.6 is 0 Å². The molecule has 2 heterocycles. The lowest BCUT2D eigenvalue weighted by Gasteiger charge is -2.29. The Hall–Kier alpha value is -4.07. The summed E-state index contributed by atoms with van der Waals surface area (Å²) in [5.41, 5.74) is 2.78. The van der Waals surface area contributed by atoms with Gasteiger partial charge in [-0.1, -0.05) is 12.1 Å². The monoisotopic (exact) mass is 472 g/mol. The molecule has 1 aliphatic heterocycles. The van der Waals surface area contributed by atoms with Crippen molar-refractivity contribution in [2.45, 2.75) is 31.3 Å². The van der Waals surface area contributed by atoms with Crippen LogP contribution in [0.2, 0.25) is 0 Å². The summed E-state index contributed by atoms with van der Waals surface area (Å²) in [5, 5.41) is 8.27. The van der Waals surface area contributed by atoms with Gasteiger partial charge in [0.15, 0.2) is 0 Å². The molecular weight excluding hydrogens is 450 g/mol. The number of anilines is 1. The highest BCUT2D eigenvalue weighted by molar-refractivity contribution is 6.00. The van der Waals surface area contributed by atoms with Crippen molar-refractivity contribution in [2.24, 2.45) is 5.92 Å². The van der Waals surface area contributed by atoms with Crippen LogP contribution in [0.15, 0.2) is 72.9 Å². The molecule has 4 aromatic rings. The van der Waals surface area contributed by atoms with Gasteiger partial charge >= 0.3 is 0 Å². The molecule has 2 atom stereocenters. The third-order valence-electron chi connectivity index (χ3n) is 6.69. The van der Waals surface area contributed by atoms with Gasteiger partial charge in [0, 0.05) is 23.4 Å². The maximum atomic E-state index is 14.1. The van der Waals surface area contributed by atoms with E-state index >= 15 is 0 Å². The largest absolute Gasteiger partial charge is 0.350 e. The summed E-state index contributed by atoms with van der Waals surface area (Å²) in [6.45, 7) is 0. The number of carbonyl (C=O) groups is 2. The Morgan fingerprint density at radius 3 is 2.46 bits per heavy atom. The fourth-order valence-electron chi connectivity index (χ4n) is 4.84. The summed E-state index contributed by atoms with van der Waals surface area (Å²) < 4.78 is 29.2. The molecule has 2 fully saturated rings. The third kappa shape index (κ3) is 3.95. The van der Waals surface area contributed by atoms with E-state index in [1.54, 1.807) is 40.0 Å². The molecule has 35 heavy (non-hydrogen) atoms. The number of benzene rings is 3. The quantitative estimate of drug-likeness (QED) is 0.459. The van der Waals surface area contributed by atoms with Crippen LogP contribution in [0.5, 0.6) is 0 Å². The number of rotatable bonds is 5. The van der Waals surface area contributed by atoms with Crippen molar-refractivity contribution in [1.29, 1.82) is 0 Å². The molecule has 0 radical (unpaired) electrons. The molecule has 176 valence electrons. The molecule has 0 bridgehead atoms. The van der Waals surface area contributed by atoms with Gasteiger partial charge < -0.3 is 10.2 Å². The molecule has 2 aliphatic rings. The van der Waals surface area contributed by atoms with Gasteiger partial charge in [-0.05, 0) is 73.0 Å². The summed E-state index contributed by atoms with van der Waals surface area (Å²) in [7, 11) is 0. The topological polar surface area (TPSA) is 67.2 Å². The van der Waals surface area contributed by atoms with Crippen molar-refractivity contribution in [3.8, 4) is 5.69 Å². The summed E-state index contributed by atoms with van der Waals surface area (Å²) in [5.74, 6) is -0.925. The summed E-state index contributed by atoms with van der Waals surface area (Å²) in [4.78, 5) is 27.4. The zero-order chi connectivity index (χ0) is 24.1. The van der Waals surface area contributed by atoms with Crippen molar-refractivity contribution in [1.82, 2.24) is 15.1 Å². The van der Waals surface area contributed by atoms with Crippen molar-refractivity contribution in [3.63, 3.8) is 0 Å². The van der Waals surface area contributed by atoms with Gasteiger partial charge in [-0.2, -0.15) is 5.10 Å². The maximum absolute atomic E-state index is 14.1. The van der Waals surface area contributed by atoms with Crippen molar-refractivity contribution in [2.75, 3.05) is 4.90 Å². The van der Waals surface area contributed by atoms with Crippen LogP contribution in [0.4, 0.5) is 14.5 Å². The summed E-state index contributed by atoms with van der Waals surface area (Å²) in [6, 6.07) is 16.7. The minimum absolute atomic E-state index is 0.000891. The lowest BCUT2D eigenvalue weighted by Crippen LogP contribution is -2.40. The lowest BCUT2D eigenvalue weighted by molar-refractivity contribution is -0.123. The Bertz CT molecular complexity index is 1450. The zero-order valence-electron chi connectivity index (χ0n) is 18.7. The summed E-state index contributed by atoms with van der Waals surface area (Å²) >= 11 is 0. The number of nitrogens with one attached hydrogen (secondary N) is 1. The molecule has 6 nitrogen and oxygen atoms in total. The van der Waals surface area contributed by atoms with E-state index in [-0.39, 0.29) is 30.0 Å². The fraction of sp³-hybridized carbons (Fsp3) is 0.222. The van der Waals surface area contributed by atoms with Gasteiger partial charge in [0.1, 0.15) is 11.6 Å². The maximum Gasteiger partial charge on any atom is 0.229 e. The first kappa shape index (κ1) is 21.5. The number of amides is 2. The Morgan fingerprint density at radius 2 is 1.71 bits per heavy atom. The van der Waals surface area contributed by atoms with Crippen LogP contribution in [0.25, 0.3) is 16.6 Å². The number of carbonyl (C=O) groups excluding carboxylic acids is 2. The Kier molecular flexibility index (Phi) is 5.09. The van der Waals surface area contributed by atoms with Gasteiger partial charge in [-0.15, -0.1) is 0 Å². The summed E-state index contributed by atoms with van der Waals surface area (Å²) in [6.07, 6.45) is 3.53. The van der Waals surface area contributed by atoms with E-state index in [9.17, 15) is 18.4 Å². The smallest absolute Gasteiger partial charge is 0.229 e. The highest BCUT2D eigenvalue weighted by Crippen LogP contribution is 2.39. The number of hydrogen-bond acceptors (Lipinski definition) is 3. The predicted molar refractivity (Wildman–Crippen MR) is 127 cm³/mol. The standard InChI is InChI=1S/C27H22F2N4O2/c28-19-6-8-21(9-7-19)33-24-11-10-22(13-18(24)15-30-33)32-25(34)14-23(31-27(35)16-4-5-16)26(32)17-2-1-3-20(29)12-17/h1-3,6-13,15-16,23,26H,4-5,14H2,(H,31,35)/t23?,26-/m1/s1. The molecule has 2 amide bonds. The first-order chi connectivity index (χ1) is 17.0. The average Bonchev–Trinajstić information content (AvgIpc) is 3.54. The number of fused-ring (bicyclic) bond motifs is 1. The SMILES string of the molecule is O=C(NC1CC(=O)N(c2ccc3c(cnn3-c3ccc(F)cc3)c2)[C@@H]1c1cccc(F)c1)C1CC1. The molecular formula is C27H22F2N4O2. The zero-order valence-corrected chi connectivity index (χ0v) is 18.7. The highest BCUT2D eigenvalue weighted by atomic mass is 19.1.